The number of aromatic nitrogens is 2. The summed E-state index contributed by atoms with van der Waals surface area (Å²) in [6.07, 6.45) is -0.804. The van der Waals surface area contributed by atoms with Crippen molar-refractivity contribution in [2.75, 3.05) is 6.61 Å². The van der Waals surface area contributed by atoms with Crippen LogP contribution in [-0.2, 0) is 4.74 Å². The highest BCUT2D eigenvalue weighted by atomic mass is 79.9. The number of hydrogen-bond acceptors (Lipinski definition) is 5. The molecule has 0 saturated carbocycles. The lowest BCUT2D eigenvalue weighted by Gasteiger charge is -2.17. The zero-order chi connectivity index (χ0) is 12.6. The molecule has 0 spiro atoms. The van der Waals surface area contributed by atoms with Gasteiger partial charge in [0.05, 0.1) is 17.2 Å². The predicted molar refractivity (Wildman–Crippen MR) is 60.6 cm³/mol. The van der Waals surface area contributed by atoms with Crippen LogP contribution in [0.4, 0.5) is 0 Å². The van der Waals surface area contributed by atoms with Crippen molar-refractivity contribution >= 4 is 15.9 Å². The van der Waals surface area contributed by atoms with E-state index in [4.69, 9.17) is 9.84 Å². The van der Waals surface area contributed by atoms with Crippen molar-refractivity contribution in [1.82, 2.24) is 9.55 Å². The third-order valence-corrected chi connectivity index (χ3v) is 3.13. The number of H-pyrrole nitrogens is 1. The van der Waals surface area contributed by atoms with E-state index in [1.54, 1.807) is 0 Å². The van der Waals surface area contributed by atoms with Crippen LogP contribution in [0.3, 0.4) is 0 Å². The van der Waals surface area contributed by atoms with Crippen LogP contribution in [-0.4, -0.2) is 38.6 Å². The minimum absolute atomic E-state index is 0.167. The van der Waals surface area contributed by atoms with Crippen molar-refractivity contribution in [3.63, 3.8) is 0 Å². The summed E-state index contributed by atoms with van der Waals surface area (Å²) in [6, 6.07) is 0. The molecular formula is C9H11BrN2O5. The van der Waals surface area contributed by atoms with Gasteiger partial charge < -0.3 is 14.9 Å². The topological polar surface area (TPSA) is 105 Å². The van der Waals surface area contributed by atoms with Gasteiger partial charge in [0.1, 0.15) is 6.10 Å². The molecule has 1 aliphatic heterocycles. The Morgan fingerprint density at radius 1 is 1.59 bits per heavy atom. The van der Waals surface area contributed by atoms with E-state index in [9.17, 15) is 14.7 Å². The third-order valence-electron chi connectivity index (χ3n) is 2.57. The van der Waals surface area contributed by atoms with Gasteiger partial charge in [0, 0.05) is 12.6 Å². The molecule has 1 aromatic rings. The maximum absolute atomic E-state index is 11.6. The lowest BCUT2D eigenvalue weighted by Crippen LogP contribution is -2.35. The number of nitrogens with zero attached hydrogens (tertiary/aromatic N) is 1. The van der Waals surface area contributed by atoms with Crippen molar-refractivity contribution in [2.24, 2.45) is 0 Å². The molecule has 1 fully saturated rings. The van der Waals surface area contributed by atoms with E-state index >= 15 is 0 Å². The molecule has 17 heavy (non-hydrogen) atoms. The van der Waals surface area contributed by atoms with E-state index < -0.39 is 29.7 Å². The number of ether oxygens (including phenoxy) is 1. The van der Waals surface area contributed by atoms with Crippen LogP contribution in [0.25, 0.3) is 0 Å². The normalized spacial score (nSPS) is 28.5. The van der Waals surface area contributed by atoms with Crippen LogP contribution in [0.1, 0.15) is 12.6 Å². The third kappa shape index (κ3) is 2.34. The minimum atomic E-state index is -0.900. The second-order valence-electron chi connectivity index (χ2n) is 3.78. The Labute approximate surface area is 104 Å². The second-order valence-corrected chi connectivity index (χ2v) is 4.63. The zero-order valence-corrected chi connectivity index (χ0v) is 10.3. The van der Waals surface area contributed by atoms with Crippen LogP contribution < -0.4 is 11.2 Å². The van der Waals surface area contributed by atoms with Crippen molar-refractivity contribution in [3.8, 4) is 0 Å². The van der Waals surface area contributed by atoms with Crippen LogP contribution in [0, 0.1) is 0 Å². The SMILES string of the molecule is O=c1[nH]c(=O)n([C@@H]2O[C@H](CO)C[C@@H]2O)cc1Br. The van der Waals surface area contributed by atoms with Crippen molar-refractivity contribution in [3.05, 3.63) is 31.5 Å². The predicted octanol–water partition coefficient (Wildman–Crippen LogP) is -1.06. The second kappa shape index (κ2) is 4.73. The first-order chi connectivity index (χ1) is 8.02. The van der Waals surface area contributed by atoms with E-state index in [2.05, 4.69) is 20.9 Å². The summed E-state index contributed by atoms with van der Waals surface area (Å²) in [4.78, 5) is 24.8. The van der Waals surface area contributed by atoms with E-state index in [0.717, 1.165) is 4.57 Å². The Hall–Kier alpha value is -0.960. The molecular weight excluding hydrogens is 296 g/mol. The molecule has 0 bridgehead atoms. The number of aliphatic hydroxyl groups is 2. The van der Waals surface area contributed by atoms with Crippen LogP contribution >= 0.6 is 15.9 Å². The molecule has 94 valence electrons. The number of hydrogen-bond donors (Lipinski definition) is 3. The molecule has 0 radical (unpaired) electrons. The van der Waals surface area contributed by atoms with Crippen LogP contribution in [0.2, 0.25) is 0 Å². The van der Waals surface area contributed by atoms with Gasteiger partial charge in [-0.2, -0.15) is 0 Å². The van der Waals surface area contributed by atoms with Gasteiger partial charge in [0.15, 0.2) is 6.23 Å². The number of rotatable bonds is 2. The van der Waals surface area contributed by atoms with Crippen molar-refractivity contribution < 1.29 is 14.9 Å². The molecule has 3 N–H and O–H groups in total. The summed E-state index contributed by atoms with van der Waals surface area (Å²) in [6.45, 7) is -0.229. The largest absolute Gasteiger partial charge is 0.394 e. The molecule has 1 aliphatic rings. The van der Waals surface area contributed by atoms with E-state index in [0.29, 0.717) is 0 Å². The number of aromatic amines is 1. The fourth-order valence-electron chi connectivity index (χ4n) is 1.75. The number of halogens is 1. The fourth-order valence-corrected chi connectivity index (χ4v) is 2.07. The highest BCUT2D eigenvalue weighted by Gasteiger charge is 2.35. The van der Waals surface area contributed by atoms with Gasteiger partial charge in [-0.1, -0.05) is 0 Å². The minimum Gasteiger partial charge on any atom is -0.394 e. The summed E-state index contributed by atoms with van der Waals surface area (Å²) in [5.41, 5.74) is -1.21. The monoisotopic (exact) mass is 306 g/mol. The molecule has 3 atom stereocenters. The molecule has 0 amide bonds. The first-order valence-corrected chi connectivity index (χ1v) is 5.77. The molecule has 0 aliphatic carbocycles. The van der Waals surface area contributed by atoms with Gasteiger partial charge in [-0.3, -0.25) is 14.3 Å². The Morgan fingerprint density at radius 2 is 2.29 bits per heavy atom. The fraction of sp³-hybridized carbons (Fsp3) is 0.556. The number of aliphatic hydroxyl groups excluding tert-OH is 2. The molecule has 1 saturated heterocycles. The summed E-state index contributed by atoms with van der Waals surface area (Å²) < 4.78 is 6.56. The van der Waals surface area contributed by atoms with Gasteiger partial charge >= 0.3 is 5.69 Å². The van der Waals surface area contributed by atoms with Gasteiger partial charge in [0.25, 0.3) is 5.56 Å². The van der Waals surface area contributed by atoms with Gasteiger partial charge in [0.2, 0.25) is 0 Å². The maximum atomic E-state index is 11.6. The zero-order valence-electron chi connectivity index (χ0n) is 8.67. The Morgan fingerprint density at radius 3 is 2.88 bits per heavy atom. The lowest BCUT2D eigenvalue weighted by molar-refractivity contribution is -0.0531. The highest BCUT2D eigenvalue weighted by molar-refractivity contribution is 9.10. The first-order valence-electron chi connectivity index (χ1n) is 4.98. The van der Waals surface area contributed by atoms with E-state index in [-0.39, 0.29) is 17.5 Å². The van der Waals surface area contributed by atoms with Crippen molar-refractivity contribution in [1.29, 1.82) is 0 Å². The van der Waals surface area contributed by atoms with Crippen LogP contribution in [0.5, 0.6) is 0 Å². The molecule has 7 nitrogen and oxygen atoms in total. The van der Waals surface area contributed by atoms with Crippen LogP contribution in [0.15, 0.2) is 20.3 Å². The smallest absolute Gasteiger partial charge is 0.330 e. The molecule has 2 heterocycles. The Bertz CT molecular complexity index is 525. The molecule has 1 aromatic heterocycles. The summed E-state index contributed by atoms with van der Waals surface area (Å²) in [5.74, 6) is 0. The summed E-state index contributed by atoms with van der Waals surface area (Å²) >= 11 is 2.99. The van der Waals surface area contributed by atoms with E-state index in [1.807, 2.05) is 0 Å². The molecule has 0 unspecified atom stereocenters. The van der Waals surface area contributed by atoms with Crippen molar-refractivity contribution in [2.45, 2.75) is 24.9 Å². The maximum Gasteiger partial charge on any atom is 0.330 e. The summed E-state index contributed by atoms with van der Waals surface area (Å²) in [5, 5.41) is 18.7. The van der Waals surface area contributed by atoms with Gasteiger partial charge in [-0.25, -0.2) is 4.79 Å². The molecule has 0 aromatic carbocycles. The molecule has 8 heteroatoms. The lowest BCUT2D eigenvalue weighted by atomic mass is 10.2. The quantitative estimate of drug-likeness (QED) is 0.646. The Kier molecular flexibility index (Phi) is 3.48. The molecule has 2 rings (SSSR count). The average Bonchev–Trinajstić information content (AvgIpc) is 2.65. The van der Waals surface area contributed by atoms with Gasteiger partial charge in [-0.05, 0) is 15.9 Å². The van der Waals surface area contributed by atoms with Gasteiger partial charge in [-0.15, -0.1) is 0 Å². The average molecular weight is 307 g/mol. The number of nitrogens with one attached hydrogen (secondary N) is 1. The standard InChI is InChI=1S/C9H11BrN2O5/c10-5-2-12(9(16)11-7(5)15)8-6(14)1-4(3-13)17-8/h2,4,6,8,13-14H,1,3H2,(H,11,15,16)/t4-,6-,8+/m0/s1. The Balaban J connectivity index is 2.38. The highest BCUT2D eigenvalue weighted by Crippen LogP contribution is 2.27. The summed E-state index contributed by atoms with van der Waals surface area (Å²) in [7, 11) is 0. The van der Waals surface area contributed by atoms with E-state index in [1.165, 1.54) is 6.20 Å². The first kappa shape index (κ1) is 12.5.